The lowest BCUT2D eigenvalue weighted by atomic mass is 10.1. The first-order chi connectivity index (χ1) is 12.6. The topological polar surface area (TPSA) is 104 Å². The highest BCUT2D eigenvalue weighted by Crippen LogP contribution is 2.22. The van der Waals surface area contributed by atoms with E-state index in [-0.39, 0.29) is 0 Å². The van der Waals surface area contributed by atoms with Crippen molar-refractivity contribution in [3.63, 3.8) is 0 Å². The monoisotopic (exact) mass is 357 g/mol. The van der Waals surface area contributed by atoms with E-state index < -0.39 is 6.10 Å². The summed E-state index contributed by atoms with van der Waals surface area (Å²) in [5.74, 6) is 2.00. The molecule has 0 spiro atoms. The number of ether oxygens (including phenoxy) is 1. The summed E-state index contributed by atoms with van der Waals surface area (Å²) in [5, 5.41) is 26.6. The third kappa shape index (κ3) is 4.12. The number of hydrogen-bond acceptors (Lipinski definition) is 7. The number of tetrazole rings is 1. The van der Waals surface area contributed by atoms with Crippen LogP contribution in [0.15, 0.2) is 24.3 Å². The molecule has 9 nitrogen and oxygen atoms in total. The Morgan fingerprint density at radius 3 is 2.50 bits per heavy atom. The molecule has 2 heterocycles. The van der Waals surface area contributed by atoms with Gasteiger partial charge >= 0.3 is 0 Å². The van der Waals surface area contributed by atoms with Crippen LogP contribution in [0.1, 0.15) is 19.2 Å². The van der Waals surface area contributed by atoms with Gasteiger partial charge in [0.15, 0.2) is 11.6 Å². The minimum Gasteiger partial charge on any atom is -0.391 e. The highest BCUT2D eigenvalue weighted by molar-refractivity contribution is 5.62. The van der Waals surface area contributed by atoms with E-state index in [4.69, 9.17) is 4.74 Å². The highest BCUT2D eigenvalue weighted by Gasteiger charge is 2.15. The number of benzene rings is 1. The number of aryl methyl sites for hydroxylation is 1. The molecule has 0 saturated heterocycles. The fourth-order valence-corrected chi connectivity index (χ4v) is 2.53. The molecule has 3 rings (SSSR count). The number of hydrogen-bond donors (Lipinski definition) is 1. The van der Waals surface area contributed by atoms with E-state index in [0.717, 1.165) is 17.0 Å². The van der Waals surface area contributed by atoms with E-state index in [1.807, 2.05) is 31.2 Å². The molecule has 9 heteroatoms. The van der Waals surface area contributed by atoms with Crippen LogP contribution in [0.25, 0.3) is 22.8 Å². The van der Waals surface area contributed by atoms with E-state index in [1.54, 1.807) is 18.8 Å². The molecule has 0 amide bonds. The minimum atomic E-state index is -0.464. The summed E-state index contributed by atoms with van der Waals surface area (Å²) in [4.78, 5) is 6.05. The molecule has 0 unspecified atom stereocenters. The summed E-state index contributed by atoms with van der Waals surface area (Å²) in [7, 11) is 3.38. The third-order valence-electron chi connectivity index (χ3n) is 4.01. The van der Waals surface area contributed by atoms with Crippen LogP contribution in [0.5, 0.6) is 0 Å². The van der Waals surface area contributed by atoms with Gasteiger partial charge in [0.05, 0.1) is 26.3 Å². The molecular weight excluding hydrogens is 334 g/mol. The zero-order valence-electron chi connectivity index (χ0n) is 15.2. The second kappa shape index (κ2) is 8.15. The van der Waals surface area contributed by atoms with Crippen molar-refractivity contribution in [1.82, 2.24) is 35.0 Å². The molecular formula is C17H23N7O2. The first kappa shape index (κ1) is 18.2. The molecule has 0 fully saturated rings. The summed E-state index contributed by atoms with van der Waals surface area (Å²) >= 11 is 0. The molecule has 1 N–H and O–H groups in total. The van der Waals surface area contributed by atoms with Crippen LogP contribution in [-0.4, -0.2) is 59.9 Å². The first-order valence-corrected chi connectivity index (χ1v) is 8.56. The fourth-order valence-electron chi connectivity index (χ4n) is 2.53. The molecule has 0 bridgehead atoms. The molecule has 2 aromatic heterocycles. The lowest BCUT2D eigenvalue weighted by Gasteiger charge is -2.10. The van der Waals surface area contributed by atoms with Gasteiger partial charge in [-0.15, -0.1) is 10.2 Å². The lowest BCUT2D eigenvalue weighted by Crippen LogP contribution is -2.17. The van der Waals surface area contributed by atoms with Crippen molar-refractivity contribution in [2.24, 2.45) is 7.05 Å². The molecule has 1 atom stereocenters. The summed E-state index contributed by atoms with van der Waals surface area (Å²) < 4.78 is 6.87. The van der Waals surface area contributed by atoms with Crippen molar-refractivity contribution >= 4 is 0 Å². The van der Waals surface area contributed by atoms with Crippen LogP contribution in [0, 0.1) is 0 Å². The maximum atomic E-state index is 10.0. The van der Waals surface area contributed by atoms with Crippen LogP contribution >= 0.6 is 0 Å². The van der Waals surface area contributed by atoms with Gasteiger partial charge in [-0.05, 0) is 11.6 Å². The van der Waals surface area contributed by atoms with Gasteiger partial charge < -0.3 is 9.84 Å². The van der Waals surface area contributed by atoms with Gasteiger partial charge in [0, 0.05) is 24.7 Å². The lowest BCUT2D eigenvalue weighted by molar-refractivity contribution is 0.145. The Balaban J connectivity index is 1.89. The van der Waals surface area contributed by atoms with E-state index in [2.05, 4.69) is 25.5 Å². The summed E-state index contributed by atoms with van der Waals surface area (Å²) in [5.41, 5.74) is 1.79. The zero-order valence-corrected chi connectivity index (χ0v) is 15.2. The molecule has 0 radical (unpaired) electrons. The number of rotatable bonds is 8. The largest absolute Gasteiger partial charge is 0.391 e. The molecule has 0 aliphatic heterocycles. The first-order valence-electron chi connectivity index (χ1n) is 8.56. The van der Waals surface area contributed by atoms with Gasteiger partial charge in [0.1, 0.15) is 0 Å². The van der Waals surface area contributed by atoms with Crippen molar-refractivity contribution in [2.75, 3.05) is 13.7 Å². The van der Waals surface area contributed by atoms with Crippen molar-refractivity contribution in [3.8, 4) is 22.8 Å². The average molecular weight is 357 g/mol. The number of aromatic nitrogens is 7. The smallest absolute Gasteiger partial charge is 0.204 e. The Kier molecular flexibility index (Phi) is 5.69. The number of nitrogens with zero attached hydrogens (tertiary/aromatic N) is 7. The SMILES string of the molecule is CC[C@@H](O)Cn1nc(CCOC)nc1-c1ccc(-c2nnn(C)n2)cc1. The molecule has 0 aliphatic rings. The number of methoxy groups -OCH3 is 1. The van der Waals surface area contributed by atoms with Crippen LogP contribution in [-0.2, 0) is 24.8 Å². The highest BCUT2D eigenvalue weighted by atomic mass is 16.5. The zero-order chi connectivity index (χ0) is 18.5. The maximum absolute atomic E-state index is 10.0. The molecule has 3 aromatic rings. The number of aliphatic hydroxyl groups is 1. The Morgan fingerprint density at radius 2 is 1.88 bits per heavy atom. The maximum Gasteiger partial charge on any atom is 0.204 e. The van der Waals surface area contributed by atoms with Crippen molar-refractivity contribution in [1.29, 1.82) is 0 Å². The molecule has 26 heavy (non-hydrogen) atoms. The Morgan fingerprint density at radius 1 is 1.15 bits per heavy atom. The number of aliphatic hydroxyl groups excluding tert-OH is 1. The average Bonchev–Trinajstić information content (AvgIpc) is 3.26. The van der Waals surface area contributed by atoms with Crippen molar-refractivity contribution < 1.29 is 9.84 Å². The van der Waals surface area contributed by atoms with Crippen molar-refractivity contribution in [3.05, 3.63) is 30.1 Å². The second-order valence-corrected chi connectivity index (χ2v) is 6.02. The standard InChI is InChI=1S/C17H23N7O2/c1-4-14(25)11-24-17(18-15(20-24)9-10-26-3)13-7-5-12(6-8-13)16-19-22-23(2)21-16/h5-8,14,25H,4,9-11H2,1-3H3/t14-/m1/s1. The second-order valence-electron chi connectivity index (χ2n) is 6.02. The predicted octanol–water partition coefficient (Wildman–Crippen LogP) is 1.10. The van der Waals surface area contributed by atoms with Gasteiger partial charge in [-0.3, -0.25) is 0 Å². The van der Waals surface area contributed by atoms with Crippen LogP contribution in [0.2, 0.25) is 0 Å². The Hall–Kier alpha value is -2.65. The van der Waals surface area contributed by atoms with Crippen molar-refractivity contribution in [2.45, 2.75) is 32.4 Å². The van der Waals surface area contributed by atoms with Crippen LogP contribution in [0.3, 0.4) is 0 Å². The predicted molar refractivity (Wildman–Crippen MR) is 95.1 cm³/mol. The molecule has 0 saturated carbocycles. The quantitative estimate of drug-likeness (QED) is 0.643. The minimum absolute atomic E-state index is 0.402. The van der Waals surface area contributed by atoms with Crippen LogP contribution < -0.4 is 0 Å². The molecule has 1 aromatic carbocycles. The van der Waals surface area contributed by atoms with E-state index in [1.165, 1.54) is 4.80 Å². The van der Waals surface area contributed by atoms with E-state index >= 15 is 0 Å². The summed E-state index contributed by atoms with van der Waals surface area (Å²) in [6.07, 6.45) is 0.818. The summed E-state index contributed by atoms with van der Waals surface area (Å²) in [6.45, 7) is 2.89. The van der Waals surface area contributed by atoms with Gasteiger partial charge in [-0.2, -0.15) is 9.90 Å². The third-order valence-corrected chi connectivity index (χ3v) is 4.01. The van der Waals surface area contributed by atoms with E-state index in [9.17, 15) is 5.11 Å². The summed E-state index contributed by atoms with van der Waals surface area (Å²) in [6, 6.07) is 7.75. The van der Waals surface area contributed by atoms with Gasteiger partial charge in [0.25, 0.3) is 0 Å². The van der Waals surface area contributed by atoms with Gasteiger partial charge in [0.2, 0.25) is 5.82 Å². The van der Waals surface area contributed by atoms with Crippen LogP contribution in [0.4, 0.5) is 0 Å². The Labute approximate surface area is 151 Å². The fraction of sp³-hybridized carbons (Fsp3) is 0.471. The molecule has 0 aliphatic carbocycles. The van der Waals surface area contributed by atoms with Gasteiger partial charge in [-0.25, -0.2) is 9.67 Å². The Bertz CT molecular complexity index is 841. The molecule has 138 valence electrons. The van der Waals surface area contributed by atoms with E-state index in [0.29, 0.717) is 37.6 Å². The van der Waals surface area contributed by atoms with Gasteiger partial charge in [-0.1, -0.05) is 31.2 Å². The normalized spacial score (nSPS) is 12.5.